The van der Waals surface area contributed by atoms with Crippen LogP contribution in [0.3, 0.4) is 0 Å². The average molecular weight is 869 g/mol. The maximum atomic E-state index is 15.4. The van der Waals surface area contributed by atoms with E-state index >= 15 is 4.79 Å². The average Bonchev–Trinajstić information content (AvgIpc) is 3.62. The Morgan fingerprint density at radius 2 is 1.56 bits per heavy atom. The Bertz CT molecular complexity index is 2650. The number of benzene rings is 4. The lowest BCUT2D eigenvalue weighted by molar-refractivity contribution is -0.139. The van der Waals surface area contributed by atoms with Gasteiger partial charge in [-0.25, -0.2) is 4.98 Å². The molecule has 61 heavy (non-hydrogen) atoms. The van der Waals surface area contributed by atoms with Gasteiger partial charge in [0, 0.05) is 40.1 Å². The van der Waals surface area contributed by atoms with Crippen LogP contribution in [0.4, 0.5) is 36.1 Å². The van der Waals surface area contributed by atoms with Crippen LogP contribution >= 0.6 is 23.2 Å². The number of anilines is 4. The first kappa shape index (κ1) is 40.0. The number of phenolic OH excluding ortho intramolecular Hbond substituents is 1. The maximum Gasteiger partial charge on any atom is 0.417 e. The van der Waals surface area contributed by atoms with Gasteiger partial charge >= 0.3 is 6.18 Å². The van der Waals surface area contributed by atoms with E-state index < -0.39 is 75.4 Å². The molecule has 310 valence electrons. The van der Waals surface area contributed by atoms with Crippen molar-refractivity contribution in [2.24, 2.45) is 23.7 Å². The van der Waals surface area contributed by atoms with Crippen LogP contribution in [0.25, 0.3) is 0 Å². The molecule has 2 aliphatic heterocycles. The number of nitrogens with zero attached hydrogens (tertiary/aromatic N) is 3. The fourth-order valence-corrected chi connectivity index (χ4v) is 9.99. The summed E-state index contributed by atoms with van der Waals surface area (Å²) in [6, 6.07) is 27.9. The fraction of sp³-hybridized carbons (Fsp3) is 0.222. The summed E-state index contributed by atoms with van der Waals surface area (Å²) in [7, 11) is 1.42. The van der Waals surface area contributed by atoms with Crippen molar-refractivity contribution in [1.29, 1.82) is 0 Å². The Morgan fingerprint density at radius 3 is 2.21 bits per heavy atom. The smallest absolute Gasteiger partial charge is 0.417 e. The molecule has 1 saturated carbocycles. The minimum Gasteiger partial charge on any atom is -0.508 e. The first-order valence-electron chi connectivity index (χ1n) is 19.2. The fourth-order valence-electron chi connectivity index (χ4n) is 9.66. The number of carbonyl (C=O) groups is 4. The number of rotatable bonds is 8. The Morgan fingerprint density at radius 1 is 0.852 bits per heavy atom. The molecule has 4 aliphatic rings. The molecule has 0 radical (unpaired) electrons. The zero-order valence-corrected chi connectivity index (χ0v) is 33.5. The van der Waals surface area contributed by atoms with Crippen molar-refractivity contribution in [3.8, 4) is 11.5 Å². The molecule has 0 spiro atoms. The van der Waals surface area contributed by atoms with Crippen molar-refractivity contribution in [2.45, 2.75) is 30.4 Å². The lowest BCUT2D eigenvalue weighted by Crippen LogP contribution is -2.53. The summed E-state index contributed by atoms with van der Waals surface area (Å²) in [4.78, 5) is 64.4. The Hall–Kier alpha value is -6.38. The van der Waals surface area contributed by atoms with E-state index in [1.165, 1.54) is 18.1 Å². The number of allylic oxidation sites excluding steroid dienone is 2. The van der Waals surface area contributed by atoms with E-state index in [4.69, 9.17) is 27.9 Å². The van der Waals surface area contributed by atoms with Crippen LogP contribution in [0, 0.1) is 23.7 Å². The molecule has 4 aromatic carbocycles. The van der Waals surface area contributed by atoms with Crippen molar-refractivity contribution in [1.82, 2.24) is 9.99 Å². The Balaban J connectivity index is 1.16. The van der Waals surface area contributed by atoms with Gasteiger partial charge in [0.2, 0.25) is 11.8 Å². The van der Waals surface area contributed by atoms with Gasteiger partial charge in [0.1, 0.15) is 11.5 Å². The van der Waals surface area contributed by atoms with E-state index in [2.05, 4.69) is 15.7 Å². The highest BCUT2D eigenvalue weighted by Crippen LogP contribution is 2.65. The quantitative estimate of drug-likeness (QED) is 0.103. The highest BCUT2D eigenvalue weighted by atomic mass is 35.5. The molecular weight excluding hydrogens is 834 g/mol. The van der Waals surface area contributed by atoms with Crippen molar-refractivity contribution >= 4 is 69.7 Å². The van der Waals surface area contributed by atoms with Crippen LogP contribution in [-0.2, 0) is 30.8 Å². The zero-order valence-electron chi connectivity index (χ0n) is 32.0. The first-order valence-corrected chi connectivity index (χ1v) is 20.0. The second kappa shape index (κ2) is 15.0. The highest BCUT2D eigenvalue weighted by Gasteiger charge is 2.70. The van der Waals surface area contributed by atoms with E-state index in [1.807, 2.05) is 36.4 Å². The molecule has 0 unspecified atom stereocenters. The number of imide groups is 2. The van der Waals surface area contributed by atoms with Gasteiger partial charge in [0.05, 0.1) is 46.6 Å². The third-order valence-corrected chi connectivity index (χ3v) is 12.8. The van der Waals surface area contributed by atoms with Crippen LogP contribution in [0.1, 0.15) is 35.4 Å². The molecule has 3 fully saturated rings. The second-order valence-corrected chi connectivity index (χ2v) is 16.2. The number of nitrogens with one attached hydrogen (secondary N) is 2. The largest absolute Gasteiger partial charge is 0.508 e. The molecule has 3 heterocycles. The number of carbonyl (C=O) groups excluding carboxylic acids is 4. The molecule has 5 aromatic rings. The highest BCUT2D eigenvalue weighted by molar-refractivity contribution is 6.33. The zero-order chi connectivity index (χ0) is 43.0. The van der Waals surface area contributed by atoms with Crippen molar-refractivity contribution in [3.63, 3.8) is 0 Å². The topological polar surface area (TPSA) is 141 Å². The van der Waals surface area contributed by atoms with Crippen LogP contribution in [-0.4, -0.2) is 45.8 Å². The van der Waals surface area contributed by atoms with Gasteiger partial charge in [-0.05, 0) is 85.0 Å². The molecule has 11 nitrogen and oxygen atoms in total. The summed E-state index contributed by atoms with van der Waals surface area (Å²) in [5.41, 5.74) is 2.73. The van der Waals surface area contributed by atoms with Crippen LogP contribution < -0.4 is 20.4 Å². The first-order chi connectivity index (χ1) is 29.2. The second-order valence-electron chi connectivity index (χ2n) is 15.4. The van der Waals surface area contributed by atoms with Crippen molar-refractivity contribution in [2.75, 3.05) is 22.8 Å². The summed E-state index contributed by atoms with van der Waals surface area (Å²) < 4.78 is 46.0. The Kier molecular flexibility index (Phi) is 9.82. The number of para-hydroxylation sites is 1. The van der Waals surface area contributed by atoms with Crippen LogP contribution in [0.2, 0.25) is 10.0 Å². The molecule has 1 aromatic heterocycles. The van der Waals surface area contributed by atoms with E-state index in [9.17, 15) is 32.7 Å². The molecule has 16 heteroatoms. The minimum atomic E-state index is -4.77. The van der Waals surface area contributed by atoms with Crippen molar-refractivity contribution < 1.29 is 42.2 Å². The number of ether oxygens (including phenoxy) is 1. The maximum absolute atomic E-state index is 15.4. The number of aromatic nitrogens is 1. The number of alkyl halides is 3. The van der Waals surface area contributed by atoms with Crippen LogP contribution in [0.5, 0.6) is 11.5 Å². The molecule has 0 bridgehead atoms. The van der Waals surface area contributed by atoms with E-state index in [-0.39, 0.29) is 30.0 Å². The third kappa shape index (κ3) is 6.47. The standard InChI is InChI=1S/C45H34Cl2F3N5O6/c1-61-29-15-16-31(36(56)20-29)38-30-17-18-32-37(42(59)54(40(32)57)28-13-11-27(12-14-28)52-26-5-3-2-4-6-26)33(30)21-34-41(58)55(43(60)44(34,38)23-7-9-25(46)10-8-23)53-39-35(47)19-24(22-51-39)45(48,49)50/h2-17,19-20,22,32-34,37-38,52,56H,18,21H2,1H3,(H,51,53)/t32-,33+,34-,37-,38+,44+/m0/s1. The normalized spacial score (nSPS) is 24.6. The van der Waals surface area contributed by atoms with Gasteiger partial charge in [-0.2, -0.15) is 18.2 Å². The lowest BCUT2D eigenvalue weighted by Gasteiger charge is -2.50. The number of amides is 4. The van der Waals surface area contributed by atoms with E-state index in [1.54, 1.807) is 60.7 Å². The number of hydrogen-bond donors (Lipinski definition) is 3. The summed E-state index contributed by atoms with van der Waals surface area (Å²) in [5, 5.41) is 15.6. The summed E-state index contributed by atoms with van der Waals surface area (Å²) in [6.07, 6.45) is -2.38. The number of hydrogen-bond acceptors (Lipinski definition) is 9. The van der Waals surface area contributed by atoms with Gasteiger partial charge in [0.25, 0.3) is 11.8 Å². The number of hydrazine groups is 1. The van der Waals surface area contributed by atoms with Crippen LogP contribution in [0.15, 0.2) is 121 Å². The predicted octanol–water partition coefficient (Wildman–Crippen LogP) is 9.05. The molecule has 6 atom stereocenters. The molecule has 4 amide bonds. The molecule has 2 aliphatic carbocycles. The monoisotopic (exact) mass is 867 g/mol. The van der Waals surface area contributed by atoms with Gasteiger partial charge < -0.3 is 15.2 Å². The predicted molar refractivity (Wildman–Crippen MR) is 220 cm³/mol. The van der Waals surface area contributed by atoms with Gasteiger partial charge in [-0.1, -0.05) is 71.2 Å². The van der Waals surface area contributed by atoms with Gasteiger partial charge in [0.15, 0.2) is 5.82 Å². The summed E-state index contributed by atoms with van der Waals surface area (Å²) >= 11 is 12.6. The lowest BCUT2D eigenvalue weighted by atomic mass is 9.49. The third-order valence-electron chi connectivity index (χ3n) is 12.3. The molecule has 3 N–H and O–H groups in total. The van der Waals surface area contributed by atoms with Gasteiger partial charge in [-0.15, -0.1) is 0 Å². The number of halogens is 5. The summed E-state index contributed by atoms with van der Waals surface area (Å²) in [6.45, 7) is 0. The van der Waals surface area contributed by atoms with E-state index in [0.29, 0.717) is 44.9 Å². The number of aromatic hydroxyl groups is 1. The van der Waals surface area contributed by atoms with Crippen molar-refractivity contribution in [3.05, 3.63) is 148 Å². The minimum absolute atomic E-state index is 0.0905. The number of fused-ring (bicyclic) bond motifs is 4. The molecule has 2 saturated heterocycles. The summed E-state index contributed by atoms with van der Waals surface area (Å²) in [5.74, 6) is -7.73. The molecule has 9 rings (SSSR count). The molecular formula is C45H34Cl2F3N5O6. The van der Waals surface area contributed by atoms with Gasteiger partial charge in [-0.3, -0.25) is 29.5 Å². The number of methoxy groups -OCH3 is 1. The van der Waals surface area contributed by atoms with E-state index in [0.717, 1.165) is 11.4 Å². The Labute approximate surface area is 356 Å². The number of phenols is 1. The number of pyridine rings is 1. The SMILES string of the molecule is COc1ccc([C@H]2C3=CC[C@@H]4C(=O)N(c5ccc(Nc6ccccc6)cc5)C(=O)[C@@H]4[C@@H]3C[C@H]3C(=O)N(Nc4ncc(C(F)(F)F)cc4Cl)C(=O)[C@@]23c2ccc(Cl)cc2)c(O)c1.